The van der Waals surface area contributed by atoms with Gasteiger partial charge in [-0.05, 0) is 37.8 Å². The monoisotopic (exact) mass is 300 g/mol. The summed E-state index contributed by atoms with van der Waals surface area (Å²) < 4.78 is 0. The second kappa shape index (κ2) is 4.56. The van der Waals surface area contributed by atoms with Gasteiger partial charge in [-0.3, -0.25) is 14.5 Å². The van der Waals surface area contributed by atoms with Gasteiger partial charge >= 0.3 is 6.09 Å². The highest BCUT2D eigenvalue weighted by atomic mass is 16.4. The molecule has 3 heterocycles. The number of hydrogen-bond donors (Lipinski definition) is 1. The smallest absolute Gasteiger partial charge is 0.407 e. The van der Waals surface area contributed by atoms with Crippen molar-refractivity contribution >= 4 is 17.9 Å². The van der Waals surface area contributed by atoms with Crippen LogP contribution in [0.1, 0.15) is 46.4 Å². The number of hydrogen-bond acceptors (Lipinski definition) is 3. The Labute approximate surface area is 127 Å². The van der Waals surface area contributed by atoms with Crippen molar-refractivity contribution in [3.05, 3.63) is 35.4 Å². The molecule has 0 aliphatic carbocycles. The number of benzene rings is 1. The molecule has 2 bridgehead atoms. The number of piperidine rings is 1. The first-order valence-corrected chi connectivity index (χ1v) is 7.56. The number of fused-ring (bicyclic) bond motifs is 3. The molecule has 1 aromatic carbocycles. The lowest BCUT2D eigenvalue weighted by Crippen LogP contribution is -2.53. The van der Waals surface area contributed by atoms with Crippen molar-refractivity contribution in [2.75, 3.05) is 0 Å². The summed E-state index contributed by atoms with van der Waals surface area (Å²) in [5, 5.41) is 9.30. The minimum Gasteiger partial charge on any atom is -0.465 e. The Hall–Kier alpha value is -2.37. The highest BCUT2D eigenvalue weighted by molar-refractivity contribution is 6.21. The van der Waals surface area contributed by atoms with Crippen LogP contribution in [0.3, 0.4) is 0 Å². The van der Waals surface area contributed by atoms with E-state index in [0.29, 0.717) is 24.0 Å². The van der Waals surface area contributed by atoms with Gasteiger partial charge in [-0.2, -0.15) is 0 Å². The molecule has 3 amide bonds. The number of amides is 3. The molecule has 0 saturated carbocycles. The first-order valence-electron chi connectivity index (χ1n) is 7.56. The van der Waals surface area contributed by atoms with Crippen molar-refractivity contribution < 1.29 is 19.5 Å². The first kappa shape index (κ1) is 13.3. The van der Waals surface area contributed by atoms with Crippen molar-refractivity contribution in [2.24, 2.45) is 0 Å². The molecule has 2 unspecified atom stereocenters. The molecule has 3 aliphatic heterocycles. The van der Waals surface area contributed by atoms with E-state index in [1.165, 1.54) is 9.80 Å². The summed E-state index contributed by atoms with van der Waals surface area (Å²) in [6.45, 7) is 0. The van der Waals surface area contributed by atoms with E-state index in [4.69, 9.17) is 0 Å². The van der Waals surface area contributed by atoms with Crippen LogP contribution < -0.4 is 0 Å². The molecule has 0 radical (unpaired) electrons. The Morgan fingerprint density at radius 2 is 1.45 bits per heavy atom. The van der Waals surface area contributed by atoms with Gasteiger partial charge in [0.1, 0.15) is 0 Å². The molecular formula is C16H16N2O4. The molecule has 6 nitrogen and oxygen atoms in total. The minimum atomic E-state index is -0.895. The Bertz CT molecular complexity index is 637. The van der Waals surface area contributed by atoms with Crippen molar-refractivity contribution in [3.63, 3.8) is 0 Å². The summed E-state index contributed by atoms with van der Waals surface area (Å²) in [4.78, 5) is 39.3. The summed E-state index contributed by atoms with van der Waals surface area (Å²) >= 11 is 0. The highest BCUT2D eigenvalue weighted by Crippen LogP contribution is 2.39. The van der Waals surface area contributed by atoms with E-state index in [1.54, 1.807) is 24.3 Å². The lowest BCUT2D eigenvalue weighted by molar-refractivity contribution is 0.0409. The second-order valence-electron chi connectivity index (χ2n) is 6.23. The van der Waals surface area contributed by atoms with Crippen LogP contribution >= 0.6 is 0 Å². The standard InChI is InChI=1S/C16H16N2O4/c19-14-12-3-1-2-4-13(12)15(20)18(14)11-7-9-5-6-10(8-11)17(9)16(21)22/h1-4,9-11H,5-8H2,(H,21,22). The number of carbonyl (C=O) groups is 3. The van der Waals surface area contributed by atoms with Gasteiger partial charge in [0.25, 0.3) is 11.8 Å². The summed E-state index contributed by atoms with van der Waals surface area (Å²) in [7, 11) is 0. The lowest BCUT2D eigenvalue weighted by atomic mass is 9.96. The minimum absolute atomic E-state index is 0.0782. The molecule has 22 heavy (non-hydrogen) atoms. The van der Waals surface area contributed by atoms with E-state index in [9.17, 15) is 19.5 Å². The van der Waals surface area contributed by atoms with E-state index in [-0.39, 0.29) is 29.9 Å². The number of rotatable bonds is 1. The van der Waals surface area contributed by atoms with Crippen LogP contribution in [-0.4, -0.2) is 50.9 Å². The largest absolute Gasteiger partial charge is 0.465 e. The van der Waals surface area contributed by atoms with Gasteiger partial charge in [-0.1, -0.05) is 12.1 Å². The normalized spacial score (nSPS) is 29.9. The van der Waals surface area contributed by atoms with E-state index in [0.717, 1.165) is 12.8 Å². The third kappa shape index (κ3) is 1.70. The molecule has 0 spiro atoms. The third-order valence-electron chi connectivity index (χ3n) is 5.12. The van der Waals surface area contributed by atoms with Gasteiger partial charge in [-0.15, -0.1) is 0 Å². The van der Waals surface area contributed by atoms with E-state index >= 15 is 0 Å². The summed E-state index contributed by atoms with van der Waals surface area (Å²) in [5.41, 5.74) is 0.918. The fourth-order valence-corrected chi connectivity index (χ4v) is 4.21. The predicted molar refractivity (Wildman–Crippen MR) is 76.6 cm³/mol. The molecule has 114 valence electrons. The molecule has 2 saturated heterocycles. The average Bonchev–Trinajstić information content (AvgIpc) is 2.92. The van der Waals surface area contributed by atoms with Gasteiger partial charge in [0.05, 0.1) is 11.1 Å². The zero-order chi connectivity index (χ0) is 15.4. The molecular weight excluding hydrogens is 284 g/mol. The van der Waals surface area contributed by atoms with Crippen LogP contribution in [0.15, 0.2) is 24.3 Å². The Morgan fingerprint density at radius 3 is 1.91 bits per heavy atom. The van der Waals surface area contributed by atoms with Crippen LogP contribution in [0, 0.1) is 0 Å². The van der Waals surface area contributed by atoms with Gasteiger partial charge < -0.3 is 10.0 Å². The van der Waals surface area contributed by atoms with E-state index < -0.39 is 6.09 Å². The molecule has 1 N–H and O–H groups in total. The predicted octanol–water partition coefficient (Wildman–Crippen LogP) is 1.96. The summed E-state index contributed by atoms with van der Waals surface area (Å²) in [6, 6.07) is 6.51. The maximum Gasteiger partial charge on any atom is 0.407 e. The molecule has 1 aromatic rings. The number of imide groups is 1. The highest BCUT2D eigenvalue weighted by Gasteiger charge is 2.49. The Balaban J connectivity index is 1.62. The zero-order valence-electron chi connectivity index (χ0n) is 11.9. The Kier molecular flexibility index (Phi) is 2.76. The maximum absolute atomic E-state index is 12.5. The van der Waals surface area contributed by atoms with E-state index in [2.05, 4.69) is 0 Å². The SMILES string of the molecule is O=C1c2ccccc2C(=O)N1C1CC2CCC(C1)N2C(=O)O. The molecule has 3 aliphatic rings. The number of carbonyl (C=O) groups excluding carboxylic acids is 2. The molecule has 4 rings (SSSR count). The van der Waals surface area contributed by atoms with Crippen LogP contribution in [0.5, 0.6) is 0 Å². The third-order valence-corrected chi connectivity index (χ3v) is 5.12. The van der Waals surface area contributed by atoms with Crippen molar-refractivity contribution in [3.8, 4) is 0 Å². The van der Waals surface area contributed by atoms with Crippen LogP contribution in [0.2, 0.25) is 0 Å². The average molecular weight is 300 g/mol. The van der Waals surface area contributed by atoms with Crippen molar-refractivity contribution in [1.29, 1.82) is 0 Å². The van der Waals surface area contributed by atoms with Crippen LogP contribution in [-0.2, 0) is 0 Å². The Morgan fingerprint density at radius 1 is 0.955 bits per heavy atom. The molecule has 0 aromatic heterocycles. The zero-order valence-corrected chi connectivity index (χ0v) is 11.9. The van der Waals surface area contributed by atoms with E-state index in [1.807, 2.05) is 0 Å². The fourth-order valence-electron chi connectivity index (χ4n) is 4.21. The number of nitrogens with zero attached hydrogens (tertiary/aromatic N) is 2. The van der Waals surface area contributed by atoms with Crippen molar-refractivity contribution in [1.82, 2.24) is 9.80 Å². The molecule has 6 heteroatoms. The first-order chi connectivity index (χ1) is 10.6. The fraction of sp³-hybridized carbons (Fsp3) is 0.438. The quantitative estimate of drug-likeness (QED) is 0.804. The van der Waals surface area contributed by atoms with Gasteiger partial charge in [0, 0.05) is 18.1 Å². The summed E-state index contributed by atoms with van der Waals surface area (Å²) in [6.07, 6.45) is 1.84. The number of carboxylic acid groups (broad SMARTS) is 1. The van der Waals surface area contributed by atoms with Crippen LogP contribution in [0.4, 0.5) is 4.79 Å². The lowest BCUT2D eigenvalue weighted by Gasteiger charge is -2.39. The van der Waals surface area contributed by atoms with Gasteiger partial charge in [0.2, 0.25) is 0 Å². The maximum atomic E-state index is 12.5. The topological polar surface area (TPSA) is 77.9 Å². The second-order valence-corrected chi connectivity index (χ2v) is 6.23. The molecule has 2 fully saturated rings. The van der Waals surface area contributed by atoms with Gasteiger partial charge in [0.15, 0.2) is 0 Å². The molecule has 2 atom stereocenters. The summed E-state index contributed by atoms with van der Waals surface area (Å²) in [5.74, 6) is -0.484. The van der Waals surface area contributed by atoms with Crippen molar-refractivity contribution in [2.45, 2.75) is 43.8 Å². The van der Waals surface area contributed by atoms with Gasteiger partial charge in [-0.25, -0.2) is 4.79 Å². The van der Waals surface area contributed by atoms with Crippen LogP contribution in [0.25, 0.3) is 0 Å².